The van der Waals surface area contributed by atoms with E-state index < -0.39 is 23.5 Å². The maximum atomic E-state index is 12.2. The molecule has 0 bridgehead atoms. The maximum absolute atomic E-state index is 12.2. The van der Waals surface area contributed by atoms with Crippen molar-refractivity contribution in [1.29, 1.82) is 0 Å². The summed E-state index contributed by atoms with van der Waals surface area (Å²) in [5, 5.41) is 0. The third-order valence-corrected chi connectivity index (χ3v) is 2.60. The van der Waals surface area contributed by atoms with E-state index in [1.165, 1.54) is 6.20 Å². The number of hydrogen-bond acceptors (Lipinski definition) is 5. The first kappa shape index (κ1) is 17.1. The van der Waals surface area contributed by atoms with E-state index in [0.717, 1.165) is 0 Å². The lowest BCUT2D eigenvalue weighted by atomic mass is 9.97. The number of carbonyl (C=O) groups excluding carboxylic acids is 2. The van der Waals surface area contributed by atoms with Crippen molar-refractivity contribution < 1.29 is 19.1 Å². The average molecular weight is 293 g/mol. The van der Waals surface area contributed by atoms with Gasteiger partial charge in [0.25, 0.3) is 0 Å². The van der Waals surface area contributed by atoms with Crippen LogP contribution in [0.2, 0.25) is 0 Å². The van der Waals surface area contributed by atoms with E-state index >= 15 is 0 Å². The molecule has 1 heterocycles. The Morgan fingerprint density at radius 2 is 1.95 bits per heavy atom. The van der Waals surface area contributed by atoms with E-state index in [2.05, 4.69) is 4.98 Å². The Kier molecular flexibility index (Phi) is 5.88. The van der Waals surface area contributed by atoms with Crippen molar-refractivity contribution in [3.8, 4) is 0 Å². The lowest BCUT2D eigenvalue weighted by Gasteiger charge is -2.22. The molecule has 0 saturated carbocycles. The van der Waals surface area contributed by atoms with Gasteiger partial charge >= 0.3 is 11.9 Å². The summed E-state index contributed by atoms with van der Waals surface area (Å²) in [6.07, 6.45) is 2.01. The molecule has 0 amide bonds. The van der Waals surface area contributed by atoms with Crippen LogP contribution in [0.25, 0.3) is 0 Å². The largest absolute Gasteiger partial charge is 0.462 e. The van der Waals surface area contributed by atoms with Crippen molar-refractivity contribution in [3.05, 3.63) is 30.1 Å². The number of hydrogen-bond donors (Lipinski definition) is 0. The van der Waals surface area contributed by atoms with Crippen molar-refractivity contribution >= 4 is 11.9 Å². The number of carbonyl (C=O) groups is 2. The summed E-state index contributed by atoms with van der Waals surface area (Å²) in [4.78, 5) is 28.2. The molecule has 1 atom stereocenters. The minimum atomic E-state index is -1.08. The second-order valence-electron chi connectivity index (χ2n) is 6.35. The molecule has 1 aromatic heterocycles. The summed E-state index contributed by atoms with van der Waals surface area (Å²) in [5.74, 6) is -0.825. The third kappa shape index (κ3) is 5.53. The van der Waals surface area contributed by atoms with E-state index in [1.807, 2.05) is 13.8 Å². The Hall–Kier alpha value is -1.91. The predicted octanol–water partition coefficient (Wildman–Crippen LogP) is 2.91. The van der Waals surface area contributed by atoms with Crippen molar-refractivity contribution in [1.82, 2.24) is 4.98 Å². The standard InChI is InChI=1S/C16H23NO4/c1-11(2)10-20-14(18)13(12-7-6-8-17-9-12)21-15(19)16(3,4)5/h6-9,11,13H,10H2,1-5H3. The number of aromatic nitrogens is 1. The van der Waals surface area contributed by atoms with Crippen LogP contribution in [0.15, 0.2) is 24.5 Å². The van der Waals surface area contributed by atoms with Crippen LogP contribution >= 0.6 is 0 Å². The molecule has 0 aliphatic carbocycles. The fourth-order valence-corrected chi connectivity index (χ4v) is 1.39. The van der Waals surface area contributed by atoms with E-state index in [1.54, 1.807) is 39.1 Å². The van der Waals surface area contributed by atoms with Crippen LogP contribution in [-0.2, 0) is 19.1 Å². The fraction of sp³-hybridized carbons (Fsp3) is 0.562. The van der Waals surface area contributed by atoms with E-state index in [9.17, 15) is 9.59 Å². The number of nitrogens with zero attached hydrogens (tertiary/aromatic N) is 1. The third-order valence-electron chi connectivity index (χ3n) is 2.60. The minimum Gasteiger partial charge on any atom is -0.462 e. The van der Waals surface area contributed by atoms with Gasteiger partial charge in [0, 0.05) is 18.0 Å². The Morgan fingerprint density at radius 1 is 1.29 bits per heavy atom. The number of esters is 2. The highest BCUT2D eigenvalue weighted by atomic mass is 16.6. The summed E-state index contributed by atoms with van der Waals surface area (Å²) in [5.41, 5.74) is -0.192. The normalized spacial score (nSPS) is 12.9. The quantitative estimate of drug-likeness (QED) is 0.781. The Morgan fingerprint density at radius 3 is 2.43 bits per heavy atom. The molecule has 1 aromatic rings. The summed E-state index contributed by atoms with van der Waals surface area (Å²) < 4.78 is 10.5. The highest BCUT2D eigenvalue weighted by Gasteiger charge is 2.32. The first-order valence-electron chi connectivity index (χ1n) is 6.99. The van der Waals surface area contributed by atoms with E-state index in [-0.39, 0.29) is 12.5 Å². The number of ether oxygens (including phenoxy) is 2. The smallest absolute Gasteiger partial charge is 0.352 e. The van der Waals surface area contributed by atoms with Crippen LogP contribution in [0.5, 0.6) is 0 Å². The van der Waals surface area contributed by atoms with Gasteiger partial charge in [0.15, 0.2) is 0 Å². The zero-order valence-electron chi connectivity index (χ0n) is 13.3. The van der Waals surface area contributed by atoms with Gasteiger partial charge in [-0.3, -0.25) is 9.78 Å². The SMILES string of the molecule is CC(C)COC(=O)C(OC(=O)C(C)(C)C)c1cccnc1. The Labute approximate surface area is 125 Å². The fourth-order valence-electron chi connectivity index (χ4n) is 1.39. The molecule has 5 nitrogen and oxygen atoms in total. The Balaban J connectivity index is 2.91. The molecule has 21 heavy (non-hydrogen) atoms. The van der Waals surface area contributed by atoms with Crippen molar-refractivity contribution in [2.75, 3.05) is 6.61 Å². The van der Waals surface area contributed by atoms with Crippen LogP contribution in [0.3, 0.4) is 0 Å². The molecule has 1 rings (SSSR count). The van der Waals surface area contributed by atoms with Crippen LogP contribution in [-0.4, -0.2) is 23.5 Å². The lowest BCUT2D eigenvalue weighted by Crippen LogP contribution is -2.29. The maximum Gasteiger partial charge on any atom is 0.352 e. The summed E-state index contributed by atoms with van der Waals surface area (Å²) in [7, 11) is 0. The van der Waals surface area contributed by atoms with Crippen LogP contribution < -0.4 is 0 Å². The van der Waals surface area contributed by atoms with Gasteiger partial charge in [-0.15, -0.1) is 0 Å². The number of rotatable bonds is 5. The Bertz CT molecular complexity index is 477. The molecule has 0 spiro atoms. The molecular weight excluding hydrogens is 270 g/mol. The van der Waals surface area contributed by atoms with Gasteiger partial charge in [-0.25, -0.2) is 4.79 Å². The average Bonchev–Trinajstić information content (AvgIpc) is 2.41. The van der Waals surface area contributed by atoms with Gasteiger partial charge in [0.1, 0.15) is 0 Å². The van der Waals surface area contributed by atoms with Crippen molar-refractivity contribution in [2.24, 2.45) is 11.3 Å². The second kappa shape index (κ2) is 7.20. The molecular formula is C16H23NO4. The van der Waals surface area contributed by atoms with Gasteiger partial charge in [-0.05, 0) is 32.8 Å². The van der Waals surface area contributed by atoms with E-state index in [0.29, 0.717) is 5.56 Å². The molecule has 5 heteroatoms. The van der Waals surface area contributed by atoms with Gasteiger partial charge in [0.2, 0.25) is 6.10 Å². The summed E-state index contributed by atoms with van der Waals surface area (Å²) >= 11 is 0. The predicted molar refractivity (Wildman–Crippen MR) is 78.3 cm³/mol. The van der Waals surface area contributed by atoms with Gasteiger partial charge in [-0.1, -0.05) is 19.9 Å². The van der Waals surface area contributed by atoms with E-state index in [4.69, 9.17) is 9.47 Å². The molecule has 0 saturated heterocycles. The zero-order valence-corrected chi connectivity index (χ0v) is 13.3. The van der Waals surface area contributed by atoms with Gasteiger partial charge in [0.05, 0.1) is 12.0 Å². The lowest BCUT2D eigenvalue weighted by molar-refractivity contribution is -0.174. The molecule has 0 aliphatic heterocycles. The van der Waals surface area contributed by atoms with Gasteiger partial charge in [-0.2, -0.15) is 0 Å². The van der Waals surface area contributed by atoms with Gasteiger partial charge < -0.3 is 9.47 Å². The molecule has 1 unspecified atom stereocenters. The molecule has 0 aromatic carbocycles. The van der Waals surface area contributed by atoms with Crippen LogP contribution in [0, 0.1) is 11.3 Å². The second-order valence-corrected chi connectivity index (χ2v) is 6.35. The van der Waals surface area contributed by atoms with Crippen molar-refractivity contribution in [3.63, 3.8) is 0 Å². The van der Waals surface area contributed by atoms with Crippen LogP contribution in [0.1, 0.15) is 46.3 Å². The first-order chi connectivity index (χ1) is 9.71. The summed E-state index contributed by atoms with van der Waals surface area (Å²) in [6.45, 7) is 9.35. The molecule has 116 valence electrons. The molecule has 0 aliphatic rings. The highest BCUT2D eigenvalue weighted by Crippen LogP contribution is 2.24. The first-order valence-corrected chi connectivity index (χ1v) is 6.99. The van der Waals surface area contributed by atoms with Crippen molar-refractivity contribution in [2.45, 2.75) is 40.7 Å². The van der Waals surface area contributed by atoms with Crippen LogP contribution in [0.4, 0.5) is 0 Å². The topological polar surface area (TPSA) is 65.5 Å². The highest BCUT2D eigenvalue weighted by molar-refractivity contribution is 5.82. The zero-order chi connectivity index (χ0) is 16.0. The minimum absolute atomic E-state index is 0.210. The number of pyridine rings is 1. The molecule has 0 N–H and O–H groups in total. The summed E-state index contributed by atoms with van der Waals surface area (Å²) in [6, 6.07) is 3.37. The monoisotopic (exact) mass is 293 g/mol. The molecule has 0 fully saturated rings. The molecule has 0 radical (unpaired) electrons.